The highest BCUT2D eigenvalue weighted by atomic mass is 35.5. The van der Waals surface area contributed by atoms with Crippen LogP contribution in [0.4, 0.5) is 11.6 Å². The minimum atomic E-state index is -0.994. The number of nitrogens with zero attached hydrogens (tertiary/aromatic N) is 3. The van der Waals surface area contributed by atoms with E-state index in [1.807, 2.05) is 18.2 Å². The zero-order chi connectivity index (χ0) is 38.4. The van der Waals surface area contributed by atoms with Crippen molar-refractivity contribution in [2.24, 2.45) is 0 Å². The summed E-state index contributed by atoms with van der Waals surface area (Å²) in [5.41, 5.74) is 3.53. The van der Waals surface area contributed by atoms with Gasteiger partial charge in [-0.05, 0) is 82.3 Å². The van der Waals surface area contributed by atoms with E-state index < -0.39 is 5.97 Å². The molecule has 4 aromatic heterocycles. The van der Waals surface area contributed by atoms with Crippen LogP contribution in [0.15, 0.2) is 71.7 Å². The Hall–Kier alpha value is -4.48. The number of carbonyl (C=O) groups excluding carboxylic acids is 3. The number of nitrogens with one attached hydrogen (secondary N) is 3. The lowest BCUT2D eigenvalue weighted by Crippen LogP contribution is -2.54. The van der Waals surface area contributed by atoms with Crippen molar-refractivity contribution in [1.29, 1.82) is 0 Å². The number of carboxylic acids is 1. The van der Waals surface area contributed by atoms with Gasteiger partial charge in [-0.2, -0.15) is 0 Å². The van der Waals surface area contributed by atoms with E-state index in [-0.39, 0.29) is 48.6 Å². The first-order valence-electron chi connectivity index (χ1n) is 18.2. The molecule has 4 aliphatic heterocycles. The number of anilines is 2. The molecule has 0 bridgehead atoms. The van der Waals surface area contributed by atoms with Gasteiger partial charge in [0.15, 0.2) is 0 Å². The summed E-state index contributed by atoms with van der Waals surface area (Å²) >= 11 is 3.54. The third-order valence-electron chi connectivity index (χ3n) is 9.04. The second-order valence-electron chi connectivity index (χ2n) is 13.2. The normalized spacial score (nSPS) is 15.8. The number of fused-ring (bicyclic) bond motifs is 2. The van der Waals surface area contributed by atoms with Crippen LogP contribution in [-0.2, 0) is 54.3 Å². The van der Waals surface area contributed by atoms with Crippen molar-refractivity contribution in [3.63, 3.8) is 0 Å². The minimum Gasteiger partial charge on any atom is -0.478 e. The highest BCUT2D eigenvalue weighted by molar-refractivity contribution is 7.10. The molecule has 0 saturated carbocycles. The number of thiophene rings is 2. The highest BCUT2D eigenvalue weighted by Gasteiger charge is 2.30. The van der Waals surface area contributed by atoms with Crippen LogP contribution in [0, 0.1) is 0 Å². The van der Waals surface area contributed by atoms with Crippen LogP contribution < -0.4 is 16.0 Å². The molecule has 3 amide bonds. The van der Waals surface area contributed by atoms with Gasteiger partial charge in [0, 0.05) is 86.2 Å². The summed E-state index contributed by atoms with van der Waals surface area (Å²) in [7, 11) is 0. The summed E-state index contributed by atoms with van der Waals surface area (Å²) in [4.78, 5) is 57.9. The standard InChI is InChI=1S/C20H21N3O3S.C11H10N2O3.C9H13NOS.2ClH/c24-18-5-4-15-10-14(11-21-20(15)22-18)3-6-19(25)23-12-16(13-23)26-8-7-17-2-1-9-27-17;14-9-3-2-8-5-7(1-4-10(15)16)6-12-11(8)13-9;1-2-9(12-5-1)3-4-11-8-6-10-7-8;;/h1-3,6,9-11,16H,4-5,7-8,12-13H2,(H,21,22,24);1,4-6H,2-3H2,(H,15,16)(H,12,13,14);1-2,5,8,10H,3-4,6-7H2;2*1H/b6-3+;4-1+;;;. The monoisotopic (exact) mass is 856 g/mol. The fourth-order valence-electron chi connectivity index (χ4n) is 5.84. The van der Waals surface area contributed by atoms with Crippen LogP contribution in [0.25, 0.3) is 12.2 Å². The van der Waals surface area contributed by atoms with Crippen molar-refractivity contribution in [3.05, 3.63) is 104 Å². The van der Waals surface area contributed by atoms with Crippen LogP contribution in [-0.4, -0.2) is 95.3 Å². The average molecular weight is 858 g/mol. The number of rotatable bonds is 12. The molecule has 304 valence electrons. The number of carboxylic acid groups (broad SMARTS) is 1. The fourth-order valence-corrected chi connectivity index (χ4v) is 7.22. The lowest BCUT2D eigenvalue weighted by Gasteiger charge is -2.38. The van der Waals surface area contributed by atoms with Crippen molar-refractivity contribution >= 4 is 95.0 Å². The van der Waals surface area contributed by atoms with E-state index in [0.717, 1.165) is 60.9 Å². The molecule has 8 rings (SSSR count). The van der Waals surface area contributed by atoms with E-state index in [0.29, 0.717) is 63.1 Å². The molecule has 13 nitrogen and oxygen atoms in total. The first-order chi connectivity index (χ1) is 26.8. The van der Waals surface area contributed by atoms with Crippen molar-refractivity contribution in [2.75, 3.05) is 50.0 Å². The van der Waals surface area contributed by atoms with Gasteiger partial charge in [-0.3, -0.25) is 14.4 Å². The Morgan fingerprint density at radius 2 is 1.28 bits per heavy atom. The number of aryl methyl sites for hydroxylation is 2. The highest BCUT2D eigenvalue weighted by Crippen LogP contribution is 2.23. The number of hydrogen-bond donors (Lipinski definition) is 4. The van der Waals surface area contributed by atoms with Crippen LogP contribution in [0.2, 0.25) is 0 Å². The van der Waals surface area contributed by atoms with E-state index in [4.69, 9.17) is 14.6 Å². The molecule has 0 radical (unpaired) electrons. The summed E-state index contributed by atoms with van der Waals surface area (Å²) in [6.45, 7) is 4.91. The maximum absolute atomic E-state index is 12.2. The molecule has 0 spiro atoms. The number of aliphatic carboxylic acids is 1. The smallest absolute Gasteiger partial charge is 0.328 e. The second kappa shape index (κ2) is 23.1. The second-order valence-corrected chi connectivity index (χ2v) is 15.3. The van der Waals surface area contributed by atoms with E-state index in [9.17, 15) is 19.2 Å². The Bertz CT molecular complexity index is 1990. The van der Waals surface area contributed by atoms with Gasteiger partial charge in [-0.25, -0.2) is 14.8 Å². The van der Waals surface area contributed by atoms with Gasteiger partial charge in [0.25, 0.3) is 0 Å². The van der Waals surface area contributed by atoms with E-state index >= 15 is 0 Å². The molecule has 2 fully saturated rings. The summed E-state index contributed by atoms with van der Waals surface area (Å²) in [5.74, 6) is 0.154. The molecule has 0 atom stereocenters. The number of ether oxygens (including phenoxy) is 2. The fraction of sp³-hybridized carbons (Fsp3) is 0.350. The molecule has 0 unspecified atom stereocenters. The Morgan fingerprint density at radius 1 is 0.772 bits per heavy atom. The topological polar surface area (TPSA) is 172 Å². The van der Waals surface area contributed by atoms with Crippen LogP contribution in [0.5, 0.6) is 0 Å². The quantitative estimate of drug-likeness (QED) is 0.130. The molecule has 4 N–H and O–H groups in total. The molecule has 17 heteroatoms. The van der Waals surface area contributed by atoms with Crippen LogP contribution in [0.1, 0.15) is 44.8 Å². The predicted molar refractivity (Wildman–Crippen MR) is 228 cm³/mol. The lowest BCUT2D eigenvalue weighted by molar-refractivity contribution is -0.139. The lowest BCUT2D eigenvalue weighted by atomic mass is 10.0. The predicted octanol–water partition coefficient (Wildman–Crippen LogP) is 5.70. The Balaban J connectivity index is 0.000000204. The van der Waals surface area contributed by atoms with E-state index in [1.54, 1.807) is 45.9 Å². The van der Waals surface area contributed by atoms with Crippen molar-refractivity contribution in [3.8, 4) is 0 Å². The average Bonchev–Trinajstić information content (AvgIpc) is 3.87. The summed E-state index contributed by atoms with van der Waals surface area (Å²) in [6.07, 6.45) is 13.9. The first-order valence-corrected chi connectivity index (χ1v) is 20.0. The maximum atomic E-state index is 12.2. The number of hydrogen-bond acceptors (Lipinski definition) is 11. The van der Waals surface area contributed by atoms with Gasteiger partial charge in [0.2, 0.25) is 17.7 Å². The molecule has 2 saturated heterocycles. The molecule has 4 aromatic rings. The SMILES string of the molecule is Cl.Cl.O=C(O)/C=C/c1cnc2c(c1)CCC(=O)N2.O=C1CCc2cc(/C=C/C(=O)N3CC(OCCc4cccs4)C3)cnc2N1.c1csc(CCOC2CNC2)c1. The van der Waals surface area contributed by atoms with Crippen molar-refractivity contribution in [2.45, 2.75) is 50.7 Å². The molecular weight excluding hydrogens is 812 g/mol. The number of halogens is 2. The number of amides is 3. The third-order valence-corrected chi connectivity index (χ3v) is 10.9. The third kappa shape index (κ3) is 14.4. The van der Waals surface area contributed by atoms with Gasteiger partial charge in [-0.15, -0.1) is 47.5 Å². The Morgan fingerprint density at radius 3 is 1.74 bits per heavy atom. The van der Waals surface area contributed by atoms with Gasteiger partial charge in [0.1, 0.15) is 11.6 Å². The number of aromatic nitrogens is 2. The maximum Gasteiger partial charge on any atom is 0.328 e. The molecule has 0 aliphatic carbocycles. The number of carbonyl (C=O) groups is 4. The van der Waals surface area contributed by atoms with Gasteiger partial charge >= 0.3 is 5.97 Å². The molecule has 8 heterocycles. The Labute approximate surface area is 351 Å². The summed E-state index contributed by atoms with van der Waals surface area (Å²) < 4.78 is 11.4. The van der Waals surface area contributed by atoms with Gasteiger partial charge in [0.05, 0.1) is 25.4 Å². The molecule has 0 aromatic carbocycles. The first kappa shape index (κ1) is 45.2. The molecule has 57 heavy (non-hydrogen) atoms. The Kier molecular flexibility index (Phi) is 18.3. The van der Waals surface area contributed by atoms with Gasteiger partial charge in [-0.1, -0.05) is 12.1 Å². The molecule has 4 aliphatic rings. The largest absolute Gasteiger partial charge is 0.478 e. The summed E-state index contributed by atoms with van der Waals surface area (Å²) in [5, 5.41) is 21.3. The van der Waals surface area contributed by atoms with E-state index in [1.165, 1.54) is 22.0 Å². The van der Waals surface area contributed by atoms with E-state index in [2.05, 4.69) is 54.9 Å². The van der Waals surface area contributed by atoms with Crippen LogP contribution >= 0.6 is 47.5 Å². The zero-order valence-electron chi connectivity index (χ0n) is 31.1. The van der Waals surface area contributed by atoms with Gasteiger partial charge < -0.3 is 35.4 Å². The number of pyridine rings is 2. The van der Waals surface area contributed by atoms with Crippen molar-refractivity contribution in [1.82, 2.24) is 20.2 Å². The minimum absolute atomic E-state index is 0. The molecular formula is C40H46Cl2N6O7S2. The summed E-state index contributed by atoms with van der Waals surface area (Å²) in [6, 6.07) is 12.2. The zero-order valence-corrected chi connectivity index (χ0v) is 34.4. The van der Waals surface area contributed by atoms with Crippen molar-refractivity contribution < 1.29 is 33.8 Å². The van der Waals surface area contributed by atoms with Crippen LogP contribution in [0.3, 0.4) is 0 Å². The number of likely N-dealkylation sites (tertiary alicyclic amines) is 1.